The van der Waals surface area contributed by atoms with Crippen LogP contribution in [0.2, 0.25) is 0 Å². The van der Waals surface area contributed by atoms with Gasteiger partial charge < -0.3 is 4.90 Å². The smallest absolute Gasteiger partial charge is 0.0172 e. The summed E-state index contributed by atoms with van der Waals surface area (Å²) < 4.78 is 0. The maximum absolute atomic E-state index is 5.75. The van der Waals surface area contributed by atoms with Crippen molar-refractivity contribution in [2.75, 3.05) is 33.2 Å². The van der Waals surface area contributed by atoms with E-state index in [1.807, 2.05) is 5.01 Å². The predicted octanol–water partition coefficient (Wildman–Crippen LogP) is -0.256. The minimum atomic E-state index is 0.846. The van der Waals surface area contributed by atoms with Gasteiger partial charge in [-0.05, 0) is 25.3 Å². The molecule has 0 aliphatic carbocycles. The lowest BCUT2D eigenvalue weighted by Gasteiger charge is -2.30. The molecule has 2 atom stereocenters. The molecule has 0 unspecified atom stereocenters. The van der Waals surface area contributed by atoms with Crippen LogP contribution in [-0.2, 0) is 0 Å². The van der Waals surface area contributed by atoms with Crippen molar-refractivity contribution in [1.82, 2.24) is 9.91 Å². The number of hydrazine groups is 1. The third kappa shape index (κ3) is 1.41. The minimum Gasteiger partial charge on any atom is -0.306 e. The van der Waals surface area contributed by atoms with Crippen molar-refractivity contribution in [2.45, 2.75) is 6.42 Å². The lowest BCUT2D eigenvalue weighted by Crippen LogP contribution is -2.43. The summed E-state index contributed by atoms with van der Waals surface area (Å²) in [5, 5.41) is 1.97. The van der Waals surface area contributed by atoms with Crippen molar-refractivity contribution in [3.05, 3.63) is 0 Å². The van der Waals surface area contributed by atoms with E-state index in [9.17, 15) is 0 Å². The zero-order valence-electron chi connectivity index (χ0n) is 7.16. The number of likely N-dealkylation sites (tertiary alicyclic amines) is 1. The number of hydrogen-bond acceptors (Lipinski definition) is 3. The Morgan fingerprint density at radius 1 is 1.18 bits per heavy atom. The normalized spacial score (nSPS) is 40.9. The van der Waals surface area contributed by atoms with Crippen molar-refractivity contribution in [3.63, 3.8) is 0 Å². The molecule has 2 aliphatic rings. The highest BCUT2D eigenvalue weighted by Gasteiger charge is 2.34. The van der Waals surface area contributed by atoms with E-state index >= 15 is 0 Å². The standard InChI is InChI=1S/C8H17N3/c1-10-4-7-2-3-11(9)6-8(7)5-10/h7-8H,2-6,9H2,1H3/t7-,8-/m1/s1. The Hall–Kier alpha value is -0.120. The van der Waals surface area contributed by atoms with E-state index in [1.54, 1.807) is 0 Å². The summed E-state index contributed by atoms with van der Waals surface area (Å²) in [6, 6.07) is 0. The van der Waals surface area contributed by atoms with Gasteiger partial charge in [-0.15, -0.1) is 0 Å². The molecule has 2 rings (SSSR count). The first-order valence-electron chi connectivity index (χ1n) is 4.44. The second-order valence-electron chi connectivity index (χ2n) is 4.02. The second kappa shape index (κ2) is 2.73. The molecule has 0 bridgehead atoms. The van der Waals surface area contributed by atoms with Crippen LogP contribution < -0.4 is 5.84 Å². The van der Waals surface area contributed by atoms with Gasteiger partial charge in [0.05, 0.1) is 0 Å². The molecule has 64 valence electrons. The van der Waals surface area contributed by atoms with Crippen LogP contribution in [0.1, 0.15) is 6.42 Å². The SMILES string of the molecule is CN1C[C@H]2CCN(N)C[C@H]2C1. The van der Waals surface area contributed by atoms with Gasteiger partial charge in [0.25, 0.3) is 0 Å². The largest absolute Gasteiger partial charge is 0.306 e. The van der Waals surface area contributed by atoms with Crippen LogP contribution in [-0.4, -0.2) is 43.1 Å². The minimum absolute atomic E-state index is 0.846. The number of piperidine rings is 1. The molecule has 3 nitrogen and oxygen atoms in total. The van der Waals surface area contributed by atoms with Crippen LogP contribution in [0.25, 0.3) is 0 Å². The number of hydrogen-bond donors (Lipinski definition) is 1. The van der Waals surface area contributed by atoms with E-state index < -0.39 is 0 Å². The molecular formula is C8H17N3. The highest BCUT2D eigenvalue weighted by atomic mass is 15.4. The fourth-order valence-corrected chi connectivity index (χ4v) is 2.43. The number of fused-ring (bicyclic) bond motifs is 1. The maximum Gasteiger partial charge on any atom is 0.0172 e. The van der Waals surface area contributed by atoms with Crippen molar-refractivity contribution >= 4 is 0 Å². The van der Waals surface area contributed by atoms with E-state index in [-0.39, 0.29) is 0 Å². The Bertz CT molecular complexity index is 148. The average molecular weight is 155 g/mol. The van der Waals surface area contributed by atoms with Gasteiger partial charge in [-0.2, -0.15) is 0 Å². The monoisotopic (exact) mass is 155 g/mol. The van der Waals surface area contributed by atoms with Gasteiger partial charge in [0, 0.05) is 26.2 Å². The van der Waals surface area contributed by atoms with Crippen LogP contribution in [0.4, 0.5) is 0 Å². The molecule has 2 fully saturated rings. The molecule has 0 aromatic heterocycles. The van der Waals surface area contributed by atoms with Gasteiger partial charge >= 0.3 is 0 Å². The Morgan fingerprint density at radius 2 is 1.91 bits per heavy atom. The maximum atomic E-state index is 5.75. The average Bonchev–Trinajstić information content (AvgIpc) is 2.27. The molecule has 0 radical (unpaired) electrons. The van der Waals surface area contributed by atoms with Crippen molar-refractivity contribution in [3.8, 4) is 0 Å². The summed E-state index contributed by atoms with van der Waals surface area (Å²) in [5.74, 6) is 7.53. The lowest BCUT2D eigenvalue weighted by molar-refractivity contribution is 0.151. The zero-order chi connectivity index (χ0) is 7.84. The van der Waals surface area contributed by atoms with E-state index in [2.05, 4.69) is 11.9 Å². The van der Waals surface area contributed by atoms with Crippen LogP contribution in [0.5, 0.6) is 0 Å². The van der Waals surface area contributed by atoms with E-state index in [0.717, 1.165) is 24.9 Å². The first-order valence-corrected chi connectivity index (χ1v) is 4.44. The number of nitrogens with two attached hydrogens (primary N) is 1. The van der Waals surface area contributed by atoms with Gasteiger partial charge in [-0.25, -0.2) is 5.01 Å². The Labute approximate surface area is 68.1 Å². The molecule has 0 amide bonds. The molecule has 2 saturated heterocycles. The first-order chi connectivity index (χ1) is 5.25. The van der Waals surface area contributed by atoms with Gasteiger partial charge in [0.1, 0.15) is 0 Å². The fourth-order valence-electron chi connectivity index (χ4n) is 2.43. The molecule has 2 aliphatic heterocycles. The molecule has 3 heteroatoms. The van der Waals surface area contributed by atoms with Crippen LogP contribution in [0, 0.1) is 11.8 Å². The van der Waals surface area contributed by atoms with Gasteiger partial charge in [-0.3, -0.25) is 5.84 Å². The molecule has 11 heavy (non-hydrogen) atoms. The fraction of sp³-hybridized carbons (Fsp3) is 1.00. The zero-order valence-corrected chi connectivity index (χ0v) is 7.16. The summed E-state index contributed by atoms with van der Waals surface area (Å²) in [6.45, 7) is 4.74. The van der Waals surface area contributed by atoms with E-state index in [1.165, 1.54) is 19.5 Å². The Balaban J connectivity index is 1.97. The number of rotatable bonds is 0. The second-order valence-corrected chi connectivity index (χ2v) is 4.02. The predicted molar refractivity (Wildman–Crippen MR) is 44.9 cm³/mol. The molecule has 2 N–H and O–H groups in total. The topological polar surface area (TPSA) is 32.5 Å². The summed E-state index contributed by atoms with van der Waals surface area (Å²) in [5.41, 5.74) is 0. The Kier molecular flexibility index (Phi) is 1.87. The third-order valence-electron chi connectivity index (χ3n) is 3.02. The summed E-state index contributed by atoms with van der Waals surface area (Å²) in [6.07, 6.45) is 1.30. The summed E-state index contributed by atoms with van der Waals surface area (Å²) >= 11 is 0. The number of nitrogens with zero attached hydrogens (tertiary/aromatic N) is 2. The van der Waals surface area contributed by atoms with Crippen molar-refractivity contribution in [1.29, 1.82) is 0 Å². The molecule has 0 aromatic carbocycles. The van der Waals surface area contributed by atoms with Crippen LogP contribution >= 0.6 is 0 Å². The van der Waals surface area contributed by atoms with Gasteiger partial charge in [-0.1, -0.05) is 0 Å². The molecule has 0 aromatic rings. The van der Waals surface area contributed by atoms with Crippen LogP contribution in [0.3, 0.4) is 0 Å². The quantitative estimate of drug-likeness (QED) is 0.489. The van der Waals surface area contributed by atoms with E-state index in [4.69, 9.17) is 5.84 Å². The molecular weight excluding hydrogens is 138 g/mol. The highest BCUT2D eigenvalue weighted by molar-refractivity contribution is 4.87. The summed E-state index contributed by atoms with van der Waals surface area (Å²) in [4.78, 5) is 2.43. The molecule has 0 saturated carbocycles. The van der Waals surface area contributed by atoms with Crippen LogP contribution in [0.15, 0.2) is 0 Å². The van der Waals surface area contributed by atoms with Crippen molar-refractivity contribution < 1.29 is 0 Å². The first kappa shape index (κ1) is 7.53. The molecule has 2 heterocycles. The van der Waals surface area contributed by atoms with Gasteiger partial charge in [0.15, 0.2) is 0 Å². The summed E-state index contributed by atoms with van der Waals surface area (Å²) in [7, 11) is 2.21. The van der Waals surface area contributed by atoms with E-state index in [0.29, 0.717) is 0 Å². The van der Waals surface area contributed by atoms with Gasteiger partial charge in [0.2, 0.25) is 0 Å². The molecule has 0 spiro atoms. The highest BCUT2D eigenvalue weighted by Crippen LogP contribution is 2.28. The third-order valence-corrected chi connectivity index (χ3v) is 3.02. The lowest BCUT2D eigenvalue weighted by atomic mass is 9.90. The van der Waals surface area contributed by atoms with Crippen molar-refractivity contribution in [2.24, 2.45) is 17.7 Å². The Morgan fingerprint density at radius 3 is 2.73 bits per heavy atom.